The maximum Gasteiger partial charge on any atom is 0.178 e. The van der Waals surface area contributed by atoms with E-state index in [1.54, 1.807) is 13.2 Å². The zero-order chi connectivity index (χ0) is 13.0. The van der Waals surface area contributed by atoms with Gasteiger partial charge < -0.3 is 14.3 Å². The maximum absolute atomic E-state index is 8.93. The van der Waals surface area contributed by atoms with E-state index in [1.165, 1.54) is 0 Å². The van der Waals surface area contributed by atoms with E-state index in [2.05, 4.69) is 11.1 Å². The van der Waals surface area contributed by atoms with Crippen LogP contribution in [0.25, 0.3) is 11.0 Å². The molecule has 5 heteroatoms. The van der Waals surface area contributed by atoms with Crippen LogP contribution in [0.4, 0.5) is 0 Å². The molecule has 0 bridgehead atoms. The highest BCUT2D eigenvalue weighted by Crippen LogP contribution is 2.16. The van der Waals surface area contributed by atoms with Crippen molar-refractivity contribution in [3.63, 3.8) is 0 Å². The minimum atomic E-state index is 0.655. The largest absolute Gasteiger partial charge is 0.385 e. The van der Waals surface area contributed by atoms with Gasteiger partial charge in [0.25, 0.3) is 0 Å². The van der Waals surface area contributed by atoms with Crippen molar-refractivity contribution >= 4 is 23.3 Å². The lowest BCUT2D eigenvalue weighted by Gasteiger charge is -2.04. The molecule has 1 heterocycles. The van der Waals surface area contributed by atoms with Crippen LogP contribution in [0.2, 0.25) is 0 Å². The third kappa shape index (κ3) is 2.61. The summed E-state index contributed by atoms with van der Waals surface area (Å²) in [4.78, 5) is 3.16. The Labute approximate surface area is 111 Å². The van der Waals surface area contributed by atoms with Crippen molar-refractivity contribution in [3.05, 3.63) is 28.5 Å². The minimum absolute atomic E-state index is 0.655. The molecule has 1 aromatic heterocycles. The van der Waals surface area contributed by atoms with Crippen LogP contribution in [0.5, 0.6) is 0 Å². The molecule has 1 aromatic carbocycles. The second-order valence-electron chi connectivity index (χ2n) is 4.13. The van der Waals surface area contributed by atoms with Crippen LogP contribution in [0.1, 0.15) is 18.4 Å². The van der Waals surface area contributed by atoms with Gasteiger partial charge in [0.05, 0.1) is 22.7 Å². The van der Waals surface area contributed by atoms with Crippen molar-refractivity contribution in [1.29, 1.82) is 5.26 Å². The van der Waals surface area contributed by atoms with Crippen LogP contribution in [-0.2, 0) is 11.3 Å². The van der Waals surface area contributed by atoms with E-state index in [1.807, 2.05) is 16.7 Å². The van der Waals surface area contributed by atoms with Gasteiger partial charge in [-0.1, -0.05) is 0 Å². The Morgan fingerprint density at radius 1 is 1.44 bits per heavy atom. The average Bonchev–Trinajstić information content (AvgIpc) is 2.70. The van der Waals surface area contributed by atoms with Gasteiger partial charge in [0.15, 0.2) is 4.77 Å². The van der Waals surface area contributed by atoms with Crippen molar-refractivity contribution in [1.82, 2.24) is 9.55 Å². The first-order valence-electron chi connectivity index (χ1n) is 5.88. The minimum Gasteiger partial charge on any atom is -0.385 e. The molecule has 2 aromatic rings. The molecule has 0 spiro atoms. The molecule has 18 heavy (non-hydrogen) atoms. The molecule has 0 amide bonds. The third-order valence-electron chi connectivity index (χ3n) is 2.88. The highest BCUT2D eigenvalue weighted by molar-refractivity contribution is 7.71. The van der Waals surface area contributed by atoms with E-state index >= 15 is 0 Å². The summed E-state index contributed by atoms with van der Waals surface area (Å²) >= 11 is 5.30. The van der Waals surface area contributed by atoms with Gasteiger partial charge in [0.2, 0.25) is 0 Å². The van der Waals surface area contributed by atoms with Gasteiger partial charge in [-0.2, -0.15) is 5.26 Å². The highest BCUT2D eigenvalue weighted by atomic mass is 32.1. The molecule has 0 saturated heterocycles. The van der Waals surface area contributed by atoms with Crippen LogP contribution in [-0.4, -0.2) is 23.3 Å². The van der Waals surface area contributed by atoms with E-state index < -0.39 is 0 Å². The molecule has 0 radical (unpaired) electrons. The third-order valence-corrected chi connectivity index (χ3v) is 3.21. The van der Waals surface area contributed by atoms with E-state index in [0.29, 0.717) is 10.3 Å². The van der Waals surface area contributed by atoms with Gasteiger partial charge in [-0.15, -0.1) is 0 Å². The topological polar surface area (TPSA) is 53.7 Å². The summed E-state index contributed by atoms with van der Waals surface area (Å²) in [5.41, 5.74) is 2.63. The molecular formula is C13H15N3OS. The Morgan fingerprint density at radius 3 is 3.00 bits per heavy atom. The molecular weight excluding hydrogens is 246 g/mol. The molecule has 0 fully saturated rings. The molecule has 0 atom stereocenters. The summed E-state index contributed by atoms with van der Waals surface area (Å²) in [6.07, 6.45) is 2.01. The average molecular weight is 261 g/mol. The summed E-state index contributed by atoms with van der Waals surface area (Å²) in [6, 6.07) is 7.72. The second-order valence-corrected chi connectivity index (χ2v) is 4.51. The van der Waals surface area contributed by atoms with Crippen molar-refractivity contribution in [2.75, 3.05) is 13.7 Å². The van der Waals surface area contributed by atoms with Gasteiger partial charge >= 0.3 is 0 Å². The number of rotatable bonds is 5. The Hall–Kier alpha value is -1.64. The molecule has 0 aliphatic heterocycles. The maximum atomic E-state index is 8.93. The summed E-state index contributed by atoms with van der Waals surface area (Å²) in [5.74, 6) is 0. The smallest absolute Gasteiger partial charge is 0.178 e. The molecule has 2 rings (SSSR count). The molecule has 0 saturated carbocycles. The van der Waals surface area contributed by atoms with Crippen LogP contribution >= 0.6 is 12.2 Å². The Morgan fingerprint density at radius 2 is 2.28 bits per heavy atom. The number of aromatic amines is 1. The number of nitriles is 1. The van der Waals surface area contributed by atoms with Crippen molar-refractivity contribution in [3.8, 4) is 6.07 Å². The van der Waals surface area contributed by atoms with Crippen molar-refractivity contribution < 1.29 is 4.74 Å². The molecule has 94 valence electrons. The predicted molar refractivity (Wildman–Crippen MR) is 72.9 cm³/mol. The molecule has 0 aliphatic rings. The van der Waals surface area contributed by atoms with E-state index in [0.717, 1.165) is 37.0 Å². The molecule has 0 aliphatic carbocycles. The number of nitrogens with one attached hydrogen (secondary N) is 1. The number of fused-ring (bicyclic) bond motifs is 1. The molecule has 0 unspecified atom stereocenters. The highest BCUT2D eigenvalue weighted by Gasteiger charge is 2.05. The zero-order valence-corrected chi connectivity index (χ0v) is 11.1. The van der Waals surface area contributed by atoms with Gasteiger partial charge in [0.1, 0.15) is 0 Å². The van der Waals surface area contributed by atoms with Gasteiger partial charge in [-0.25, -0.2) is 0 Å². The standard InChI is InChI=1S/C13H15N3OS/c1-17-7-3-2-6-16-12-8-10(9-14)4-5-11(12)15-13(16)18/h4-5,8H,2-3,6-7H2,1H3,(H,15,18). The number of aryl methyl sites for hydroxylation is 1. The molecule has 4 nitrogen and oxygen atoms in total. The summed E-state index contributed by atoms with van der Waals surface area (Å²) in [5, 5.41) is 8.93. The number of hydrogen-bond acceptors (Lipinski definition) is 3. The van der Waals surface area contributed by atoms with E-state index in [9.17, 15) is 0 Å². The fourth-order valence-electron chi connectivity index (χ4n) is 1.96. The Balaban J connectivity index is 2.28. The van der Waals surface area contributed by atoms with E-state index in [-0.39, 0.29) is 0 Å². The van der Waals surface area contributed by atoms with Gasteiger partial charge in [-0.05, 0) is 43.3 Å². The number of H-pyrrole nitrogens is 1. The molecule has 1 N–H and O–H groups in total. The number of unbranched alkanes of at least 4 members (excludes halogenated alkanes) is 1. The fraction of sp³-hybridized carbons (Fsp3) is 0.385. The first-order valence-corrected chi connectivity index (χ1v) is 6.28. The van der Waals surface area contributed by atoms with Crippen LogP contribution < -0.4 is 0 Å². The first-order chi connectivity index (χ1) is 8.76. The summed E-state index contributed by atoms with van der Waals surface area (Å²) in [6.45, 7) is 1.61. The van der Waals surface area contributed by atoms with Crippen LogP contribution in [0, 0.1) is 16.1 Å². The first kappa shape index (κ1) is 12.8. The quantitative estimate of drug-likeness (QED) is 0.665. The predicted octanol–water partition coefficient (Wildman–Crippen LogP) is 3.00. The van der Waals surface area contributed by atoms with Gasteiger partial charge in [0, 0.05) is 20.3 Å². The normalized spacial score (nSPS) is 10.7. The lowest BCUT2D eigenvalue weighted by atomic mass is 10.2. The number of aromatic nitrogens is 2. The monoisotopic (exact) mass is 261 g/mol. The van der Waals surface area contributed by atoms with Crippen LogP contribution in [0.15, 0.2) is 18.2 Å². The van der Waals surface area contributed by atoms with E-state index in [4.69, 9.17) is 22.2 Å². The number of hydrogen-bond donors (Lipinski definition) is 1. The number of nitrogens with zero attached hydrogens (tertiary/aromatic N) is 2. The van der Waals surface area contributed by atoms with Crippen molar-refractivity contribution in [2.24, 2.45) is 0 Å². The number of imidazole rings is 1. The zero-order valence-electron chi connectivity index (χ0n) is 10.3. The number of methoxy groups -OCH3 is 1. The number of ether oxygens (including phenoxy) is 1. The second kappa shape index (κ2) is 5.80. The van der Waals surface area contributed by atoms with Gasteiger partial charge in [-0.3, -0.25) is 0 Å². The fourth-order valence-corrected chi connectivity index (χ4v) is 2.26. The number of benzene rings is 1. The SMILES string of the molecule is COCCCCn1c(=S)[nH]c2ccc(C#N)cc21. The lowest BCUT2D eigenvalue weighted by molar-refractivity contribution is 0.191. The lowest BCUT2D eigenvalue weighted by Crippen LogP contribution is -2.00. The van der Waals surface area contributed by atoms with Crippen molar-refractivity contribution in [2.45, 2.75) is 19.4 Å². The van der Waals surface area contributed by atoms with Crippen LogP contribution in [0.3, 0.4) is 0 Å². The Kier molecular flexibility index (Phi) is 4.13. The Bertz CT molecular complexity index is 636. The summed E-state index contributed by atoms with van der Waals surface area (Å²) in [7, 11) is 1.70. The summed E-state index contributed by atoms with van der Waals surface area (Å²) < 4.78 is 7.78.